The molecule has 2 N–H and O–H groups in total. The first-order valence-corrected chi connectivity index (χ1v) is 6.74. The lowest BCUT2D eigenvalue weighted by molar-refractivity contribution is -0.292. The lowest BCUT2D eigenvalue weighted by Crippen LogP contribution is -2.54. The minimum absolute atomic E-state index is 0.0576. The molecule has 0 fully saturated rings. The molecule has 0 heterocycles. The monoisotopic (exact) mass is 339 g/mol. The van der Waals surface area contributed by atoms with Crippen LogP contribution in [0.1, 0.15) is 6.42 Å². The number of aliphatic hydroxyl groups excluding tert-OH is 1. The van der Waals surface area contributed by atoms with Crippen LogP contribution < -0.4 is 10.1 Å². The Morgan fingerprint density at radius 3 is 2.17 bits per heavy atom. The fraction of sp³-hybridized carbons (Fsp3) is 0.467. The summed E-state index contributed by atoms with van der Waals surface area (Å²) in [5.74, 6) is -5.95. The summed E-state index contributed by atoms with van der Waals surface area (Å²) in [4.78, 5) is 0. The fourth-order valence-electron chi connectivity index (χ4n) is 2.08. The van der Waals surface area contributed by atoms with Crippen LogP contribution in [0.4, 0.5) is 27.6 Å². The summed E-state index contributed by atoms with van der Waals surface area (Å²) in [6.07, 6.45) is -4.75. The van der Waals surface area contributed by atoms with Gasteiger partial charge in [-0.3, -0.25) is 0 Å². The second kappa shape index (κ2) is 7.63. The second-order valence-electron chi connectivity index (χ2n) is 4.94. The third kappa shape index (κ3) is 4.57. The predicted octanol–water partition coefficient (Wildman–Crippen LogP) is 3.86. The number of methoxy groups -OCH3 is 1. The van der Waals surface area contributed by atoms with Crippen LogP contribution in [0.15, 0.2) is 36.9 Å². The third-order valence-corrected chi connectivity index (χ3v) is 3.36. The molecule has 1 aromatic carbocycles. The Morgan fingerprint density at radius 1 is 1.22 bits per heavy atom. The van der Waals surface area contributed by atoms with Gasteiger partial charge in [0.15, 0.2) is 0 Å². The molecule has 0 saturated heterocycles. The highest BCUT2D eigenvalue weighted by Gasteiger charge is 2.63. The molecular weight excluding hydrogens is 321 g/mol. The average molecular weight is 339 g/mol. The molecule has 23 heavy (non-hydrogen) atoms. The van der Waals surface area contributed by atoms with E-state index in [1.165, 1.54) is 37.5 Å². The van der Waals surface area contributed by atoms with Gasteiger partial charge in [0.25, 0.3) is 0 Å². The van der Waals surface area contributed by atoms with Crippen LogP contribution >= 0.6 is 0 Å². The van der Waals surface area contributed by atoms with Crippen molar-refractivity contribution in [2.24, 2.45) is 5.92 Å². The maximum atomic E-state index is 13.8. The van der Waals surface area contributed by atoms with E-state index < -0.39 is 30.7 Å². The molecule has 2 atom stereocenters. The zero-order chi connectivity index (χ0) is 17.7. The summed E-state index contributed by atoms with van der Waals surface area (Å²) in [5, 5.41) is 11.4. The van der Waals surface area contributed by atoms with Gasteiger partial charge >= 0.3 is 12.1 Å². The van der Waals surface area contributed by atoms with Crippen LogP contribution in [-0.2, 0) is 0 Å². The van der Waals surface area contributed by atoms with Crippen LogP contribution in [0.5, 0.6) is 5.75 Å². The van der Waals surface area contributed by atoms with E-state index in [9.17, 15) is 27.1 Å². The number of hydrogen-bond acceptors (Lipinski definition) is 3. The molecule has 0 aliphatic heterocycles. The molecule has 0 saturated carbocycles. The molecule has 8 heteroatoms. The number of anilines is 1. The van der Waals surface area contributed by atoms with Gasteiger partial charge < -0.3 is 15.2 Å². The largest absolute Gasteiger partial charge is 0.497 e. The number of nitrogens with one attached hydrogen (secondary N) is 1. The Hall–Kier alpha value is -1.83. The number of hydrogen-bond donors (Lipinski definition) is 2. The number of allylic oxidation sites excluding steroid dienone is 1. The van der Waals surface area contributed by atoms with E-state index in [2.05, 4.69) is 11.9 Å². The Morgan fingerprint density at radius 2 is 1.78 bits per heavy atom. The second-order valence-corrected chi connectivity index (χ2v) is 4.94. The smallest absolute Gasteiger partial charge is 0.455 e. The molecule has 0 aliphatic carbocycles. The van der Waals surface area contributed by atoms with Crippen molar-refractivity contribution in [3.63, 3.8) is 0 Å². The number of rotatable bonds is 8. The molecule has 0 radical (unpaired) electrons. The van der Waals surface area contributed by atoms with E-state index in [0.29, 0.717) is 5.75 Å². The molecule has 0 aromatic heterocycles. The van der Waals surface area contributed by atoms with Crippen molar-refractivity contribution >= 4 is 5.69 Å². The molecular formula is C15H18F5NO2. The molecule has 0 unspecified atom stereocenters. The highest BCUT2D eigenvalue weighted by atomic mass is 19.4. The van der Waals surface area contributed by atoms with Gasteiger partial charge in [0.05, 0.1) is 7.11 Å². The number of alkyl halides is 5. The number of benzene rings is 1. The van der Waals surface area contributed by atoms with Crippen molar-refractivity contribution in [1.29, 1.82) is 0 Å². The van der Waals surface area contributed by atoms with E-state index >= 15 is 0 Å². The van der Waals surface area contributed by atoms with E-state index in [4.69, 9.17) is 4.74 Å². The van der Waals surface area contributed by atoms with Crippen molar-refractivity contribution < 1.29 is 31.8 Å². The number of ether oxygens (including phenoxy) is 1. The summed E-state index contributed by atoms with van der Waals surface area (Å²) in [5.41, 5.74) is 0.0576. The Kier molecular flexibility index (Phi) is 6.37. The van der Waals surface area contributed by atoms with Gasteiger partial charge in [0.2, 0.25) is 0 Å². The topological polar surface area (TPSA) is 41.5 Å². The predicted molar refractivity (Wildman–Crippen MR) is 76.8 cm³/mol. The van der Waals surface area contributed by atoms with Gasteiger partial charge in [-0.1, -0.05) is 6.08 Å². The van der Waals surface area contributed by atoms with Crippen molar-refractivity contribution in [2.75, 3.05) is 19.0 Å². The van der Waals surface area contributed by atoms with Crippen LogP contribution in [0.2, 0.25) is 0 Å². The molecule has 1 aromatic rings. The van der Waals surface area contributed by atoms with Gasteiger partial charge in [0.1, 0.15) is 11.8 Å². The van der Waals surface area contributed by atoms with Gasteiger partial charge in [0, 0.05) is 18.2 Å². The van der Waals surface area contributed by atoms with Crippen molar-refractivity contribution in [3.8, 4) is 5.75 Å². The summed E-state index contributed by atoms with van der Waals surface area (Å²) < 4.78 is 70.7. The van der Waals surface area contributed by atoms with Crippen LogP contribution in [-0.4, -0.2) is 37.0 Å². The van der Waals surface area contributed by atoms with Gasteiger partial charge in [-0.15, -0.1) is 6.58 Å². The maximum absolute atomic E-state index is 13.8. The SMILES string of the molecule is C=CC[C@H](CO)[C@H](Nc1ccc(OC)cc1)C(F)(F)C(F)(F)F. The normalized spacial score (nSPS) is 14.9. The van der Waals surface area contributed by atoms with E-state index in [0.717, 1.165) is 0 Å². The molecule has 1 rings (SSSR count). The molecule has 0 bridgehead atoms. The summed E-state index contributed by atoms with van der Waals surface area (Å²) >= 11 is 0. The standard InChI is InChI=1S/C15H18F5NO2/c1-3-4-10(9-22)13(14(16,17)15(18,19)20)21-11-5-7-12(23-2)8-6-11/h3,5-8,10,13,21-22H,1,4,9H2,2H3/t10-,13+/m1/s1. The average Bonchev–Trinajstić information content (AvgIpc) is 2.50. The van der Waals surface area contributed by atoms with Crippen LogP contribution in [0.25, 0.3) is 0 Å². The summed E-state index contributed by atoms with van der Waals surface area (Å²) in [6.45, 7) is 2.48. The zero-order valence-corrected chi connectivity index (χ0v) is 12.4. The number of halogens is 5. The summed E-state index contributed by atoms with van der Waals surface area (Å²) in [7, 11) is 1.40. The van der Waals surface area contributed by atoms with Crippen LogP contribution in [0, 0.1) is 5.92 Å². The highest BCUT2D eigenvalue weighted by Crippen LogP contribution is 2.42. The lowest BCUT2D eigenvalue weighted by atomic mass is 9.91. The molecule has 3 nitrogen and oxygen atoms in total. The van der Waals surface area contributed by atoms with Crippen molar-refractivity contribution in [2.45, 2.75) is 24.6 Å². The highest BCUT2D eigenvalue weighted by molar-refractivity contribution is 5.47. The van der Waals surface area contributed by atoms with E-state index in [1.807, 2.05) is 0 Å². The van der Waals surface area contributed by atoms with Crippen molar-refractivity contribution in [3.05, 3.63) is 36.9 Å². The first-order chi connectivity index (χ1) is 10.7. The van der Waals surface area contributed by atoms with Crippen LogP contribution in [0.3, 0.4) is 0 Å². The first-order valence-electron chi connectivity index (χ1n) is 6.74. The fourth-order valence-corrected chi connectivity index (χ4v) is 2.08. The third-order valence-electron chi connectivity index (χ3n) is 3.36. The first kappa shape index (κ1) is 19.2. The lowest BCUT2D eigenvalue weighted by Gasteiger charge is -2.34. The minimum atomic E-state index is -5.74. The minimum Gasteiger partial charge on any atom is -0.497 e. The van der Waals surface area contributed by atoms with Gasteiger partial charge in [-0.05, 0) is 30.7 Å². The van der Waals surface area contributed by atoms with E-state index in [1.54, 1.807) is 0 Å². The van der Waals surface area contributed by atoms with Gasteiger partial charge in [-0.25, -0.2) is 0 Å². The van der Waals surface area contributed by atoms with E-state index in [-0.39, 0.29) is 12.1 Å². The Bertz CT molecular complexity index is 502. The quantitative estimate of drug-likeness (QED) is 0.558. The Balaban J connectivity index is 3.14. The van der Waals surface area contributed by atoms with Gasteiger partial charge in [-0.2, -0.15) is 22.0 Å². The number of aliphatic hydroxyl groups is 1. The molecule has 0 spiro atoms. The molecule has 0 aliphatic rings. The zero-order valence-electron chi connectivity index (χ0n) is 12.4. The Labute approximate surface area is 130 Å². The molecule has 130 valence electrons. The summed E-state index contributed by atoms with van der Waals surface area (Å²) in [6, 6.07) is 3.15. The molecule has 0 amide bonds. The van der Waals surface area contributed by atoms with Crippen molar-refractivity contribution in [1.82, 2.24) is 0 Å². The maximum Gasteiger partial charge on any atom is 0.455 e.